The summed E-state index contributed by atoms with van der Waals surface area (Å²) in [5.74, 6) is -2.03. The summed E-state index contributed by atoms with van der Waals surface area (Å²) in [6.45, 7) is 3.24. The molecule has 0 amide bonds. The maximum Gasteiger partial charge on any atom is 0.422 e. The van der Waals surface area contributed by atoms with Crippen molar-refractivity contribution in [2.24, 2.45) is 5.92 Å². The molecule has 5 rings (SSSR count). The topological polar surface area (TPSA) is 68.3 Å². The first kappa shape index (κ1) is 21.7. The fraction of sp³-hybridized carbons (Fsp3) is 0.680. The van der Waals surface area contributed by atoms with Crippen molar-refractivity contribution < 1.29 is 23.8 Å². The molecule has 3 fully saturated rings. The summed E-state index contributed by atoms with van der Waals surface area (Å²) in [5.41, 5.74) is 1.77. The largest absolute Gasteiger partial charge is 0.494 e. The molecular weight excluding hydrogens is 408 g/mol. The normalized spacial score (nSPS) is 26.2. The Labute approximate surface area is 190 Å². The first-order valence-corrected chi connectivity index (χ1v) is 12.2. The molecule has 7 nitrogen and oxygen atoms in total. The van der Waals surface area contributed by atoms with Gasteiger partial charge >= 0.3 is 17.8 Å². The summed E-state index contributed by atoms with van der Waals surface area (Å²) in [6.07, 6.45) is 10.4. The number of hydrogen-bond donors (Lipinski definition) is 0. The number of carbonyl (C=O) groups is 2. The molecule has 0 aromatic heterocycles. The molecule has 1 saturated carbocycles. The number of likely N-dealkylation sites (tertiary alicyclic amines) is 1. The maximum absolute atomic E-state index is 12.2. The molecule has 1 unspecified atom stereocenters. The van der Waals surface area contributed by atoms with Gasteiger partial charge in [0.15, 0.2) is 0 Å². The summed E-state index contributed by atoms with van der Waals surface area (Å²) >= 11 is 0. The van der Waals surface area contributed by atoms with Gasteiger partial charge in [-0.15, -0.1) is 0 Å². The lowest BCUT2D eigenvalue weighted by Crippen LogP contribution is -2.53. The van der Waals surface area contributed by atoms with E-state index in [0.29, 0.717) is 25.1 Å². The van der Waals surface area contributed by atoms with Crippen LogP contribution in [0.25, 0.3) is 0 Å². The second-order valence-electron chi connectivity index (χ2n) is 9.79. The van der Waals surface area contributed by atoms with Crippen molar-refractivity contribution in [3.8, 4) is 5.75 Å². The standard InChI is InChI=1S/C25H34N2O5/c1-26-13-5-8-20(26)12-15-30-21-10-9-19-11-14-27(17-18-6-3-2-4-7-18)25(22(19)16-21)31-23(28)24(29)32-25/h9-10,16,18,20H,2-8,11-15,17H2,1H3. The van der Waals surface area contributed by atoms with E-state index >= 15 is 0 Å². The quantitative estimate of drug-likeness (QED) is 0.495. The van der Waals surface area contributed by atoms with Crippen LogP contribution in [0, 0.1) is 5.92 Å². The maximum atomic E-state index is 12.2. The molecule has 1 spiro atoms. The fourth-order valence-electron chi connectivity index (χ4n) is 5.87. The van der Waals surface area contributed by atoms with E-state index in [1.165, 1.54) is 44.9 Å². The highest BCUT2D eigenvalue weighted by Crippen LogP contribution is 2.44. The fourth-order valence-corrected chi connectivity index (χ4v) is 5.87. The zero-order chi connectivity index (χ0) is 22.1. The molecule has 0 N–H and O–H groups in total. The van der Waals surface area contributed by atoms with Crippen molar-refractivity contribution in [1.82, 2.24) is 9.80 Å². The lowest BCUT2D eigenvalue weighted by Gasteiger charge is -2.43. The number of rotatable bonds is 6. The molecule has 4 aliphatic rings. The van der Waals surface area contributed by atoms with Crippen molar-refractivity contribution in [2.45, 2.75) is 69.7 Å². The summed E-state index contributed by atoms with van der Waals surface area (Å²) in [4.78, 5) is 28.8. The Bertz CT molecular complexity index is 850. The Hall–Kier alpha value is -2.12. The highest BCUT2D eigenvalue weighted by Gasteiger charge is 2.57. The van der Waals surface area contributed by atoms with E-state index in [1.54, 1.807) is 0 Å². The van der Waals surface area contributed by atoms with Crippen LogP contribution in [0.1, 0.15) is 62.5 Å². The number of benzene rings is 1. The van der Waals surface area contributed by atoms with Crippen molar-refractivity contribution in [1.29, 1.82) is 0 Å². The first-order valence-electron chi connectivity index (χ1n) is 12.2. The minimum Gasteiger partial charge on any atom is -0.494 e. The molecule has 2 saturated heterocycles. The SMILES string of the molecule is CN1CCCC1CCOc1ccc2c(c1)C1(OC(=O)C(=O)O1)N(CC1CCCCC1)CC2. The Morgan fingerprint density at radius 3 is 2.53 bits per heavy atom. The lowest BCUT2D eigenvalue weighted by molar-refractivity contribution is -0.267. The molecular formula is C25H34N2O5. The van der Waals surface area contributed by atoms with Crippen LogP contribution in [0.2, 0.25) is 0 Å². The minimum absolute atomic E-state index is 0.531. The molecule has 1 aromatic carbocycles. The molecule has 0 bridgehead atoms. The van der Waals surface area contributed by atoms with E-state index in [1.807, 2.05) is 18.2 Å². The second-order valence-corrected chi connectivity index (χ2v) is 9.79. The molecule has 7 heteroatoms. The average molecular weight is 443 g/mol. The van der Waals surface area contributed by atoms with Crippen LogP contribution in [-0.4, -0.2) is 61.1 Å². The van der Waals surface area contributed by atoms with Gasteiger partial charge in [-0.3, -0.25) is 0 Å². The zero-order valence-electron chi connectivity index (χ0n) is 19.0. The third kappa shape index (κ3) is 4.13. The van der Waals surface area contributed by atoms with Gasteiger partial charge in [-0.05, 0) is 75.7 Å². The van der Waals surface area contributed by atoms with Crippen LogP contribution in [0.5, 0.6) is 5.75 Å². The van der Waals surface area contributed by atoms with Crippen LogP contribution in [0.15, 0.2) is 18.2 Å². The van der Waals surface area contributed by atoms with Gasteiger partial charge in [-0.1, -0.05) is 25.3 Å². The summed E-state index contributed by atoms with van der Waals surface area (Å²) in [5, 5.41) is 0. The van der Waals surface area contributed by atoms with Gasteiger partial charge in [0, 0.05) is 19.1 Å². The summed E-state index contributed by atoms with van der Waals surface area (Å²) < 4.78 is 17.5. The Balaban J connectivity index is 1.36. The van der Waals surface area contributed by atoms with Crippen LogP contribution < -0.4 is 4.74 Å². The minimum atomic E-state index is -1.45. The Morgan fingerprint density at radius 2 is 1.81 bits per heavy atom. The van der Waals surface area contributed by atoms with Crippen molar-refractivity contribution in [3.05, 3.63) is 29.3 Å². The Kier molecular flexibility index (Phi) is 6.12. The summed E-state index contributed by atoms with van der Waals surface area (Å²) in [7, 11) is 2.17. The number of carbonyl (C=O) groups excluding carboxylic acids is 2. The van der Waals surface area contributed by atoms with E-state index in [4.69, 9.17) is 14.2 Å². The molecule has 32 heavy (non-hydrogen) atoms. The van der Waals surface area contributed by atoms with E-state index in [2.05, 4.69) is 16.8 Å². The summed E-state index contributed by atoms with van der Waals surface area (Å²) in [6, 6.07) is 6.47. The molecule has 1 aromatic rings. The molecule has 3 aliphatic heterocycles. The van der Waals surface area contributed by atoms with E-state index in [9.17, 15) is 9.59 Å². The number of esters is 2. The Morgan fingerprint density at radius 1 is 1.03 bits per heavy atom. The van der Waals surface area contributed by atoms with Crippen LogP contribution in [0.3, 0.4) is 0 Å². The van der Waals surface area contributed by atoms with Gasteiger partial charge in [0.1, 0.15) is 5.75 Å². The van der Waals surface area contributed by atoms with Crippen molar-refractivity contribution in [2.75, 3.05) is 33.3 Å². The highest BCUT2D eigenvalue weighted by molar-refractivity contribution is 6.31. The second kappa shape index (κ2) is 9.02. The van der Waals surface area contributed by atoms with Gasteiger partial charge in [0.25, 0.3) is 0 Å². The van der Waals surface area contributed by atoms with Gasteiger partial charge < -0.3 is 19.1 Å². The number of fused-ring (bicyclic) bond motifs is 2. The highest BCUT2D eigenvalue weighted by atomic mass is 16.8. The van der Waals surface area contributed by atoms with Crippen molar-refractivity contribution >= 4 is 11.9 Å². The van der Waals surface area contributed by atoms with Gasteiger partial charge in [-0.25, -0.2) is 14.5 Å². The average Bonchev–Trinajstić information content (AvgIpc) is 3.34. The number of hydrogen-bond acceptors (Lipinski definition) is 7. The van der Waals surface area contributed by atoms with Crippen LogP contribution in [-0.2, 0) is 31.4 Å². The van der Waals surface area contributed by atoms with Crippen LogP contribution >= 0.6 is 0 Å². The smallest absolute Gasteiger partial charge is 0.422 e. The van der Waals surface area contributed by atoms with Crippen LogP contribution in [0.4, 0.5) is 0 Å². The molecule has 1 atom stereocenters. The predicted octanol–water partition coefficient (Wildman–Crippen LogP) is 3.20. The molecule has 1 aliphatic carbocycles. The van der Waals surface area contributed by atoms with Gasteiger partial charge in [0.2, 0.25) is 0 Å². The third-order valence-corrected chi connectivity index (χ3v) is 7.71. The first-order chi connectivity index (χ1) is 15.5. The zero-order valence-corrected chi connectivity index (χ0v) is 19.0. The van der Waals surface area contributed by atoms with Gasteiger partial charge in [-0.2, -0.15) is 0 Å². The molecule has 174 valence electrons. The monoisotopic (exact) mass is 442 g/mol. The molecule has 0 radical (unpaired) electrons. The molecule has 3 heterocycles. The number of nitrogens with zero attached hydrogens (tertiary/aromatic N) is 2. The van der Waals surface area contributed by atoms with E-state index in [0.717, 1.165) is 42.8 Å². The van der Waals surface area contributed by atoms with Crippen molar-refractivity contribution in [3.63, 3.8) is 0 Å². The van der Waals surface area contributed by atoms with E-state index < -0.39 is 17.8 Å². The third-order valence-electron chi connectivity index (χ3n) is 7.71. The number of ether oxygens (including phenoxy) is 3. The predicted molar refractivity (Wildman–Crippen MR) is 118 cm³/mol. The van der Waals surface area contributed by atoms with Gasteiger partial charge in [0.05, 0.1) is 12.2 Å². The lowest BCUT2D eigenvalue weighted by atomic mass is 9.87. The van der Waals surface area contributed by atoms with E-state index in [-0.39, 0.29) is 0 Å².